The van der Waals surface area contributed by atoms with Crippen LogP contribution in [0.25, 0.3) is 22.3 Å². The van der Waals surface area contributed by atoms with Gasteiger partial charge in [-0.05, 0) is 74.4 Å². The first-order valence-electron chi connectivity index (χ1n) is 17.4. The van der Waals surface area contributed by atoms with E-state index >= 15 is 0 Å². The molecule has 11 rings (SSSR count). The lowest BCUT2D eigenvalue weighted by Gasteiger charge is -2.37. The van der Waals surface area contributed by atoms with Crippen molar-refractivity contribution in [2.75, 3.05) is 0 Å². The Bertz CT molecular complexity index is 2170. The number of fused-ring (bicyclic) bond motifs is 10. The highest BCUT2D eigenvalue weighted by Crippen LogP contribution is 2.72. The molecule has 1 aliphatic heterocycles. The van der Waals surface area contributed by atoms with E-state index in [-0.39, 0.29) is 0 Å². The first-order chi connectivity index (χ1) is 22.7. The normalized spacial score (nSPS) is 28.9. The first-order valence-corrected chi connectivity index (χ1v) is 17.4. The van der Waals surface area contributed by atoms with Crippen LogP contribution in [0.5, 0.6) is 0 Å². The van der Waals surface area contributed by atoms with E-state index in [4.69, 9.17) is 0 Å². The van der Waals surface area contributed by atoms with Crippen LogP contribution < -0.4 is 10.6 Å². The largest absolute Gasteiger partial charge is 0.301 e. The van der Waals surface area contributed by atoms with Crippen LogP contribution in [0.4, 0.5) is 11.4 Å². The summed E-state index contributed by atoms with van der Waals surface area (Å²) in [6.07, 6.45) is 4.83. The van der Waals surface area contributed by atoms with Crippen LogP contribution >= 0.6 is 0 Å². The fraction of sp³-hybridized carbons (Fsp3) is 0.227. The average Bonchev–Trinajstić information content (AvgIpc) is 3.87. The Labute approximate surface area is 270 Å². The maximum Gasteiger partial charge on any atom is 0.191 e. The van der Waals surface area contributed by atoms with Crippen LogP contribution in [0.1, 0.15) is 76.1 Å². The number of rotatable bonds is 2. The summed E-state index contributed by atoms with van der Waals surface area (Å²) >= 11 is 0. The van der Waals surface area contributed by atoms with Gasteiger partial charge >= 0.3 is 0 Å². The summed E-state index contributed by atoms with van der Waals surface area (Å²) in [5, 5.41) is 5.22. The van der Waals surface area contributed by atoms with Crippen molar-refractivity contribution in [1.82, 2.24) is 0 Å². The van der Waals surface area contributed by atoms with Crippen molar-refractivity contribution in [3.05, 3.63) is 166 Å². The highest BCUT2D eigenvalue weighted by molar-refractivity contribution is 5.96. The zero-order valence-electron chi connectivity index (χ0n) is 26.2. The van der Waals surface area contributed by atoms with Crippen LogP contribution in [0, 0.1) is 11.8 Å². The lowest BCUT2D eigenvalue weighted by atomic mass is 9.67. The third-order valence-electron chi connectivity index (χ3n) is 12.6. The van der Waals surface area contributed by atoms with Gasteiger partial charge in [-0.3, -0.25) is 5.32 Å². The van der Waals surface area contributed by atoms with Gasteiger partial charge in [0.15, 0.2) is 23.5 Å². The molecule has 5 aromatic rings. The monoisotopic (exact) mass is 594 g/mol. The molecule has 0 amide bonds. The molecule has 46 heavy (non-hydrogen) atoms. The third kappa shape index (κ3) is 3.39. The number of quaternary nitrogens is 2. The smallest absolute Gasteiger partial charge is 0.191 e. The number of hydrogen-bond acceptors (Lipinski definition) is 0. The molecule has 222 valence electrons. The van der Waals surface area contributed by atoms with Crippen LogP contribution in [-0.2, 0) is 6.42 Å². The molecule has 5 aliphatic carbocycles. The van der Waals surface area contributed by atoms with Gasteiger partial charge in [-0.2, -0.15) is 0 Å². The SMILES string of the molecule is CC1CC2=C(C=C1c1cccc3c1-c1cccc4c1C1C3C1C1[NH2+]c3ccccc3[NH2+]C41)c1ccccc1CC2c1ccccc1. The molecule has 1 saturated carbocycles. The predicted molar refractivity (Wildman–Crippen MR) is 185 cm³/mol. The zero-order valence-corrected chi connectivity index (χ0v) is 26.2. The molecule has 0 radical (unpaired) electrons. The van der Waals surface area contributed by atoms with E-state index in [0.29, 0.717) is 41.7 Å². The second-order valence-corrected chi connectivity index (χ2v) is 14.7. The summed E-state index contributed by atoms with van der Waals surface area (Å²) in [6, 6.07) is 45.0. The van der Waals surface area contributed by atoms with E-state index in [2.05, 4.69) is 139 Å². The number of nitrogens with two attached hydrogens (primary N) is 2. The fourth-order valence-corrected chi connectivity index (χ4v) is 10.7. The molecular weight excluding hydrogens is 556 g/mol. The van der Waals surface area contributed by atoms with Crippen molar-refractivity contribution in [2.45, 2.75) is 49.6 Å². The summed E-state index contributed by atoms with van der Waals surface area (Å²) in [5.41, 5.74) is 21.2. The summed E-state index contributed by atoms with van der Waals surface area (Å²) in [7, 11) is 0. The van der Waals surface area contributed by atoms with Gasteiger partial charge in [0.2, 0.25) is 0 Å². The van der Waals surface area contributed by atoms with Crippen molar-refractivity contribution in [1.29, 1.82) is 0 Å². The molecule has 0 spiro atoms. The maximum atomic E-state index is 2.63. The molecular formula is C44H38N2+2. The number of para-hydroxylation sites is 2. The van der Waals surface area contributed by atoms with Crippen LogP contribution in [-0.4, -0.2) is 6.04 Å². The summed E-state index contributed by atoms with van der Waals surface area (Å²) in [4.78, 5) is 0. The molecule has 1 fully saturated rings. The highest BCUT2D eigenvalue weighted by atomic mass is 15.1. The van der Waals surface area contributed by atoms with Crippen molar-refractivity contribution in [3.63, 3.8) is 0 Å². The minimum atomic E-state index is 0.446. The number of allylic oxidation sites excluding steroid dienone is 4. The molecule has 0 aromatic heterocycles. The summed E-state index contributed by atoms with van der Waals surface area (Å²) in [6.45, 7) is 2.48. The Morgan fingerprint density at radius 1 is 0.609 bits per heavy atom. The second kappa shape index (κ2) is 9.28. The molecule has 2 nitrogen and oxygen atoms in total. The molecule has 0 bridgehead atoms. The topological polar surface area (TPSA) is 33.2 Å². The molecule has 1 heterocycles. The minimum absolute atomic E-state index is 0.446. The molecule has 0 saturated heterocycles. The van der Waals surface area contributed by atoms with E-state index in [9.17, 15) is 0 Å². The van der Waals surface area contributed by atoms with E-state index in [1.807, 2.05) is 0 Å². The van der Waals surface area contributed by atoms with Crippen LogP contribution in [0.3, 0.4) is 0 Å². The van der Waals surface area contributed by atoms with E-state index in [1.165, 1.54) is 55.9 Å². The van der Waals surface area contributed by atoms with Gasteiger partial charge in [0, 0.05) is 41.4 Å². The fourth-order valence-electron chi connectivity index (χ4n) is 10.7. The predicted octanol–water partition coefficient (Wildman–Crippen LogP) is 7.91. The summed E-state index contributed by atoms with van der Waals surface area (Å²) < 4.78 is 0. The highest BCUT2D eigenvalue weighted by Gasteiger charge is 2.68. The number of benzene rings is 5. The first kappa shape index (κ1) is 25.7. The molecule has 5 aromatic carbocycles. The van der Waals surface area contributed by atoms with Crippen molar-refractivity contribution >= 4 is 22.5 Å². The van der Waals surface area contributed by atoms with Crippen molar-refractivity contribution in [2.24, 2.45) is 11.8 Å². The van der Waals surface area contributed by atoms with Crippen molar-refractivity contribution in [3.8, 4) is 11.1 Å². The Morgan fingerprint density at radius 2 is 1.33 bits per heavy atom. The van der Waals surface area contributed by atoms with E-state index in [0.717, 1.165) is 12.8 Å². The van der Waals surface area contributed by atoms with Gasteiger partial charge in [-0.15, -0.1) is 0 Å². The molecule has 6 aliphatic rings. The Kier molecular flexibility index (Phi) is 5.18. The molecule has 4 N–H and O–H groups in total. The molecule has 2 heteroatoms. The lowest BCUT2D eigenvalue weighted by molar-refractivity contribution is -0.742. The Morgan fingerprint density at radius 3 is 2.20 bits per heavy atom. The van der Waals surface area contributed by atoms with Crippen LogP contribution in [0.15, 0.2) is 127 Å². The van der Waals surface area contributed by atoms with Gasteiger partial charge in [0.1, 0.15) is 0 Å². The van der Waals surface area contributed by atoms with Gasteiger partial charge in [-0.25, -0.2) is 0 Å². The maximum absolute atomic E-state index is 2.63. The van der Waals surface area contributed by atoms with E-state index < -0.39 is 0 Å². The molecule has 7 unspecified atom stereocenters. The summed E-state index contributed by atoms with van der Waals surface area (Å²) in [5.74, 6) is 2.89. The lowest BCUT2D eigenvalue weighted by Crippen LogP contribution is -3.01. The third-order valence-corrected chi connectivity index (χ3v) is 12.6. The van der Waals surface area contributed by atoms with E-state index in [1.54, 1.807) is 22.3 Å². The minimum Gasteiger partial charge on any atom is -0.301 e. The number of hydrogen-bond donors (Lipinski definition) is 2. The Hall–Kier alpha value is -4.50. The quantitative estimate of drug-likeness (QED) is 0.195. The second-order valence-electron chi connectivity index (χ2n) is 14.7. The van der Waals surface area contributed by atoms with Gasteiger partial charge in [0.05, 0.1) is 0 Å². The van der Waals surface area contributed by atoms with Gasteiger partial charge in [0.25, 0.3) is 0 Å². The van der Waals surface area contributed by atoms with Crippen molar-refractivity contribution < 1.29 is 10.6 Å². The average molecular weight is 595 g/mol. The Balaban J connectivity index is 1.09. The van der Waals surface area contributed by atoms with Crippen LogP contribution in [0.2, 0.25) is 0 Å². The van der Waals surface area contributed by atoms with Gasteiger partial charge < -0.3 is 5.32 Å². The standard InChI is InChI=1S/C44H36N2/c1-24-21-34-33(25-11-3-2-4-12-25)22-26-13-5-6-14-27(26)35(34)23-32(24)28-15-9-17-30-38(28)29-16-10-18-31-39(29)41-40(30)42(41)44-43(31)45-36-19-7-8-20-37(36)46-44/h2-20,23-24,33,40-46H,21-22H2,1H3/p+2. The van der Waals surface area contributed by atoms with Gasteiger partial charge in [-0.1, -0.05) is 122 Å². The zero-order chi connectivity index (χ0) is 30.1. The molecule has 7 atom stereocenters.